The Morgan fingerprint density at radius 2 is 1.73 bits per heavy atom. The van der Waals surface area contributed by atoms with Crippen LogP contribution in [0.2, 0.25) is 0 Å². The Morgan fingerprint density at radius 3 is 2.38 bits per heavy atom. The summed E-state index contributed by atoms with van der Waals surface area (Å²) in [5.41, 5.74) is 0.850. The fraction of sp³-hybridized carbons (Fsp3) is 0.630. The number of carbonyl (C=O) groups excluding carboxylic acids is 2. The van der Waals surface area contributed by atoms with Gasteiger partial charge < -0.3 is 35.3 Å². The number of rotatable bonds is 8. The van der Waals surface area contributed by atoms with Gasteiger partial charge in [-0.2, -0.15) is 5.48 Å². The summed E-state index contributed by atoms with van der Waals surface area (Å²) in [4.78, 5) is 45.9. The van der Waals surface area contributed by atoms with Crippen molar-refractivity contribution in [2.45, 2.75) is 90.3 Å². The zero-order chi connectivity index (χ0) is 29.7. The van der Waals surface area contributed by atoms with Crippen LogP contribution in [0.4, 0.5) is 9.59 Å². The molecule has 0 spiro atoms. The molecule has 2 unspecified atom stereocenters. The molecule has 0 saturated carbocycles. The second-order valence-corrected chi connectivity index (χ2v) is 11.9. The number of guanidine groups is 1. The number of amides is 2. The molecule has 0 fully saturated rings. The van der Waals surface area contributed by atoms with Crippen LogP contribution in [-0.4, -0.2) is 71.8 Å². The van der Waals surface area contributed by atoms with Crippen molar-refractivity contribution < 1.29 is 38.5 Å². The molecule has 1 aromatic carbocycles. The first-order valence-corrected chi connectivity index (χ1v) is 13.3. The second kappa shape index (κ2) is 12.2. The molecule has 2 heterocycles. The molecule has 40 heavy (non-hydrogen) atoms. The van der Waals surface area contributed by atoms with Crippen molar-refractivity contribution in [1.29, 1.82) is 0 Å². The molecule has 2 amide bonds. The Kier molecular flexibility index (Phi) is 9.39. The molecule has 0 bridgehead atoms. The van der Waals surface area contributed by atoms with Crippen molar-refractivity contribution >= 4 is 24.1 Å². The molecule has 13 nitrogen and oxygen atoms in total. The largest absolute Gasteiger partial charge is 0.486 e. The lowest BCUT2D eigenvalue weighted by atomic mass is 9.90. The molecule has 1 aromatic rings. The Hall–Kier alpha value is -3.74. The minimum atomic E-state index is -1.84. The van der Waals surface area contributed by atoms with Crippen molar-refractivity contribution in [1.82, 2.24) is 21.4 Å². The van der Waals surface area contributed by atoms with Gasteiger partial charge in [-0.15, -0.1) is 0 Å². The lowest BCUT2D eigenvalue weighted by Gasteiger charge is -2.36. The maximum Gasteiger partial charge on any atom is 0.431 e. The van der Waals surface area contributed by atoms with Crippen molar-refractivity contribution in [2.75, 3.05) is 19.6 Å². The van der Waals surface area contributed by atoms with Gasteiger partial charge in [0.1, 0.15) is 23.1 Å². The number of nitrogens with zero attached hydrogens (tertiary/aromatic N) is 1. The number of ether oxygens (including phenoxy) is 3. The Bertz CT molecular complexity index is 1130. The number of aryl methyl sites for hydroxylation is 1. The molecule has 0 saturated heterocycles. The molecule has 0 radical (unpaired) electrons. The summed E-state index contributed by atoms with van der Waals surface area (Å²) in [6, 6.07) is 5.58. The molecule has 3 atom stereocenters. The van der Waals surface area contributed by atoms with E-state index in [9.17, 15) is 19.5 Å². The van der Waals surface area contributed by atoms with Crippen LogP contribution in [0.15, 0.2) is 23.2 Å². The standard InChI is InChI=1S/C27H41N5O8/c1-25(2,3)38-23(35)29-13-12-28-22-30-15-18(31-22)16-8-10-19-17(14-16)9-11-20(37-19)27(7,21(33)34)40-32-24(36)39-26(4,5)6/h8,10,14,18,20H,9,11-13,15H2,1-7H3,(H,29,35)(H,32,36)(H,33,34)(H2,28,30,31)/t18?,20-,27?/m1/s1. The third kappa shape index (κ3) is 8.63. The summed E-state index contributed by atoms with van der Waals surface area (Å²) >= 11 is 0. The van der Waals surface area contributed by atoms with Crippen molar-refractivity contribution in [3.05, 3.63) is 29.3 Å². The van der Waals surface area contributed by atoms with Gasteiger partial charge in [0.2, 0.25) is 5.60 Å². The van der Waals surface area contributed by atoms with E-state index in [-0.39, 0.29) is 6.04 Å². The predicted octanol–water partition coefficient (Wildman–Crippen LogP) is 2.79. The van der Waals surface area contributed by atoms with Gasteiger partial charge in [-0.25, -0.2) is 24.2 Å². The fourth-order valence-electron chi connectivity index (χ4n) is 4.10. The highest BCUT2D eigenvalue weighted by Gasteiger charge is 2.47. The van der Waals surface area contributed by atoms with Gasteiger partial charge in [0.25, 0.3) is 0 Å². The van der Waals surface area contributed by atoms with Crippen LogP contribution in [-0.2, 0) is 25.5 Å². The first kappa shape index (κ1) is 30.8. The topological polar surface area (TPSA) is 169 Å². The van der Waals surface area contributed by atoms with E-state index in [0.29, 0.717) is 44.2 Å². The zero-order valence-electron chi connectivity index (χ0n) is 24.2. The summed E-state index contributed by atoms with van der Waals surface area (Å²) in [5.74, 6) is -0.0898. The molecule has 13 heteroatoms. The Morgan fingerprint density at radius 1 is 1.05 bits per heavy atom. The summed E-state index contributed by atoms with van der Waals surface area (Å²) in [7, 11) is 0. The number of carboxylic acids is 1. The molecule has 222 valence electrons. The number of carboxylic acid groups (broad SMARTS) is 1. The van der Waals surface area contributed by atoms with Crippen LogP contribution in [0.5, 0.6) is 5.75 Å². The highest BCUT2D eigenvalue weighted by atomic mass is 16.7. The van der Waals surface area contributed by atoms with E-state index < -0.39 is 41.1 Å². The van der Waals surface area contributed by atoms with E-state index in [1.807, 2.05) is 12.1 Å². The van der Waals surface area contributed by atoms with Crippen LogP contribution in [0.25, 0.3) is 0 Å². The van der Waals surface area contributed by atoms with Gasteiger partial charge in [-0.05, 0) is 84.6 Å². The minimum absolute atomic E-state index is 0.116. The molecule has 5 N–H and O–H groups in total. The van der Waals surface area contributed by atoms with E-state index in [4.69, 9.17) is 19.0 Å². The van der Waals surface area contributed by atoms with Crippen molar-refractivity contribution in [3.63, 3.8) is 0 Å². The molecular weight excluding hydrogens is 522 g/mol. The monoisotopic (exact) mass is 563 g/mol. The smallest absolute Gasteiger partial charge is 0.431 e. The normalized spacial score (nSPS) is 20.0. The fourth-order valence-corrected chi connectivity index (χ4v) is 4.10. The Balaban J connectivity index is 1.56. The molecule has 0 aromatic heterocycles. The number of aliphatic imine (C=N–C) groups is 1. The van der Waals surface area contributed by atoms with E-state index in [1.165, 1.54) is 6.92 Å². The minimum Gasteiger partial charge on any atom is -0.486 e. The van der Waals surface area contributed by atoms with E-state index in [0.717, 1.165) is 11.1 Å². The number of aliphatic carboxylic acids is 1. The number of hydrogen-bond acceptors (Lipinski definition) is 10. The number of carbonyl (C=O) groups is 3. The SMILES string of the molecule is CC(C)(C)OC(=O)NCCNC1=NC(c2ccc3c(c2)CC[C@H](C(C)(ONC(=O)OC(C)(C)C)C(=O)O)O3)CN1. The van der Waals surface area contributed by atoms with E-state index in [1.54, 1.807) is 47.6 Å². The predicted molar refractivity (Wildman–Crippen MR) is 146 cm³/mol. The maximum atomic E-state index is 12.1. The first-order chi connectivity index (χ1) is 18.6. The molecule has 2 aliphatic heterocycles. The number of benzene rings is 1. The molecule has 0 aliphatic carbocycles. The summed E-state index contributed by atoms with van der Waals surface area (Å²) in [6.45, 7) is 13.3. The zero-order valence-corrected chi connectivity index (χ0v) is 24.2. The Labute approximate surface area is 234 Å². The van der Waals surface area contributed by atoms with Crippen LogP contribution in [0, 0.1) is 0 Å². The van der Waals surface area contributed by atoms with Gasteiger partial charge in [0.15, 0.2) is 5.96 Å². The molecular formula is C27H41N5O8. The number of hydroxylamine groups is 1. The highest BCUT2D eigenvalue weighted by Crippen LogP contribution is 2.35. The van der Waals surface area contributed by atoms with Crippen LogP contribution in [0.1, 0.15) is 72.1 Å². The van der Waals surface area contributed by atoms with E-state index in [2.05, 4.69) is 26.4 Å². The number of fused-ring (bicyclic) bond motifs is 1. The van der Waals surface area contributed by atoms with Gasteiger partial charge >= 0.3 is 18.2 Å². The van der Waals surface area contributed by atoms with Crippen molar-refractivity contribution in [3.8, 4) is 5.75 Å². The van der Waals surface area contributed by atoms with Gasteiger partial charge in [-0.3, -0.25) is 0 Å². The number of alkyl carbamates (subject to hydrolysis) is 1. The third-order valence-corrected chi connectivity index (χ3v) is 6.03. The summed E-state index contributed by atoms with van der Waals surface area (Å²) in [6.07, 6.45) is -1.30. The highest BCUT2D eigenvalue weighted by molar-refractivity contribution is 5.82. The first-order valence-electron chi connectivity index (χ1n) is 13.3. The number of hydrogen-bond donors (Lipinski definition) is 5. The quantitative estimate of drug-likeness (QED) is 0.234. The maximum absolute atomic E-state index is 12.1. The lowest BCUT2D eigenvalue weighted by molar-refractivity contribution is -0.190. The van der Waals surface area contributed by atoms with Crippen molar-refractivity contribution in [2.24, 2.45) is 4.99 Å². The third-order valence-electron chi connectivity index (χ3n) is 6.03. The van der Waals surface area contributed by atoms with E-state index >= 15 is 0 Å². The molecule has 3 rings (SSSR count). The van der Waals surface area contributed by atoms with Crippen LogP contribution in [0.3, 0.4) is 0 Å². The van der Waals surface area contributed by atoms with Gasteiger partial charge in [-0.1, -0.05) is 6.07 Å². The second-order valence-electron chi connectivity index (χ2n) is 11.9. The van der Waals surface area contributed by atoms with Crippen LogP contribution < -0.4 is 26.2 Å². The van der Waals surface area contributed by atoms with Gasteiger partial charge in [0.05, 0.1) is 6.04 Å². The summed E-state index contributed by atoms with van der Waals surface area (Å²) in [5, 5.41) is 19.0. The number of nitrogens with one attached hydrogen (secondary N) is 4. The average molecular weight is 564 g/mol. The summed E-state index contributed by atoms with van der Waals surface area (Å²) < 4.78 is 16.4. The van der Waals surface area contributed by atoms with Crippen LogP contribution >= 0.6 is 0 Å². The molecule has 2 aliphatic rings. The van der Waals surface area contributed by atoms with Gasteiger partial charge in [0, 0.05) is 19.6 Å². The average Bonchev–Trinajstić information content (AvgIpc) is 3.31. The lowest BCUT2D eigenvalue weighted by Crippen LogP contribution is -2.56.